The van der Waals surface area contributed by atoms with Crippen molar-refractivity contribution < 1.29 is 9.18 Å². The highest BCUT2D eigenvalue weighted by atomic mass is 32.1. The second kappa shape index (κ2) is 9.27. The lowest BCUT2D eigenvalue weighted by Crippen LogP contribution is -2.41. The van der Waals surface area contributed by atoms with Gasteiger partial charge in [-0.25, -0.2) is 14.2 Å². The van der Waals surface area contributed by atoms with E-state index >= 15 is 0 Å². The maximum absolute atomic E-state index is 13.5. The number of nitrogens with zero attached hydrogens (tertiary/aromatic N) is 3. The lowest BCUT2D eigenvalue weighted by molar-refractivity contribution is -0.116. The molecule has 0 unspecified atom stereocenters. The van der Waals surface area contributed by atoms with Crippen molar-refractivity contribution in [2.45, 2.75) is 26.4 Å². The van der Waals surface area contributed by atoms with Gasteiger partial charge in [-0.3, -0.25) is 18.7 Å². The molecule has 35 heavy (non-hydrogen) atoms. The van der Waals surface area contributed by atoms with Crippen LogP contribution in [-0.2, 0) is 24.3 Å². The number of hydrogen-bond acceptors (Lipinski definition) is 5. The molecule has 2 aromatic carbocycles. The molecule has 0 radical (unpaired) electrons. The van der Waals surface area contributed by atoms with Crippen LogP contribution in [0.15, 0.2) is 76.4 Å². The van der Waals surface area contributed by atoms with E-state index in [1.54, 1.807) is 18.3 Å². The third kappa shape index (κ3) is 4.38. The zero-order valence-electron chi connectivity index (χ0n) is 18.8. The van der Waals surface area contributed by atoms with E-state index in [9.17, 15) is 18.8 Å². The molecule has 0 atom stereocenters. The van der Waals surface area contributed by atoms with E-state index in [1.165, 1.54) is 40.2 Å². The first-order chi connectivity index (χ1) is 16.9. The van der Waals surface area contributed by atoms with Crippen LogP contribution in [0.4, 0.5) is 10.1 Å². The van der Waals surface area contributed by atoms with E-state index < -0.39 is 23.0 Å². The van der Waals surface area contributed by atoms with Crippen molar-refractivity contribution >= 4 is 43.4 Å². The second-order valence-electron chi connectivity index (χ2n) is 8.12. The first kappa shape index (κ1) is 22.7. The first-order valence-electron chi connectivity index (χ1n) is 11.1. The Balaban J connectivity index is 1.61. The van der Waals surface area contributed by atoms with Gasteiger partial charge in [0.2, 0.25) is 5.91 Å². The van der Waals surface area contributed by atoms with Crippen LogP contribution in [0, 0.1) is 5.82 Å². The predicted molar refractivity (Wildman–Crippen MR) is 136 cm³/mol. The Morgan fingerprint density at radius 1 is 1.00 bits per heavy atom. The van der Waals surface area contributed by atoms with Crippen LogP contribution in [0.5, 0.6) is 0 Å². The fourth-order valence-corrected chi connectivity index (χ4v) is 5.11. The Morgan fingerprint density at radius 3 is 2.43 bits per heavy atom. The molecule has 7 nitrogen and oxygen atoms in total. The number of carbonyl (C=O) groups excluding carboxylic acids is 1. The van der Waals surface area contributed by atoms with Gasteiger partial charge in [-0.1, -0.05) is 31.2 Å². The summed E-state index contributed by atoms with van der Waals surface area (Å²) in [5, 5.41) is 3.46. The average Bonchev–Trinajstić information content (AvgIpc) is 3.26. The Hall–Kier alpha value is -4.11. The van der Waals surface area contributed by atoms with Crippen molar-refractivity contribution in [1.29, 1.82) is 0 Å². The molecule has 5 aromatic rings. The minimum Gasteiger partial charge on any atom is -0.325 e. The topological polar surface area (TPSA) is 86.0 Å². The van der Waals surface area contributed by atoms with Gasteiger partial charge in [-0.15, -0.1) is 11.3 Å². The van der Waals surface area contributed by atoms with Crippen molar-refractivity contribution in [1.82, 2.24) is 14.1 Å². The van der Waals surface area contributed by atoms with E-state index in [1.807, 2.05) is 31.2 Å². The monoisotopic (exact) mass is 488 g/mol. The van der Waals surface area contributed by atoms with Gasteiger partial charge in [-0.05, 0) is 53.9 Å². The van der Waals surface area contributed by atoms with E-state index in [0.717, 1.165) is 16.6 Å². The quantitative estimate of drug-likeness (QED) is 0.389. The molecule has 0 saturated heterocycles. The molecular weight excluding hydrogens is 467 g/mol. The third-order valence-corrected chi connectivity index (χ3v) is 6.90. The number of anilines is 1. The lowest BCUT2D eigenvalue weighted by Gasteiger charge is -2.13. The summed E-state index contributed by atoms with van der Waals surface area (Å²) in [6, 6.07) is 16.6. The standard InChI is InChI=1S/C26H21FN4O3S/c1-2-16-7-11-19(12-8-16)29-21(32)15-30-22-20-4-3-13-28-24(20)35-23(22)25(33)31(26(30)34)14-17-5-9-18(27)10-6-17/h3-13H,2,14-15H2,1H3,(H,29,32). The average molecular weight is 489 g/mol. The van der Waals surface area contributed by atoms with Crippen LogP contribution < -0.4 is 16.6 Å². The summed E-state index contributed by atoms with van der Waals surface area (Å²) in [5.74, 6) is -0.805. The Bertz CT molecular complexity index is 1670. The number of carbonyl (C=O) groups is 1. The molecule has 0 bridgehead atoms. The number of amides is 1. The fraction of sp³-hybridized carbons (Fsp3) is 0.154. The minimum atomic E-state index is -0.619. The Labute approximate surface area is 203 Å². The van der Waals surface area contributed by atoms with E-state index in [0.29, 0.717) is 31.7 Å². The molecule has 3 aromatic heterocycles. The second-order valence-corrected chi connectivity index (χ2v) is 9.12. The number of aryl methyl sites for hydroxylation is 1. The smallest absolute Gasteiger partial charge is 0.325 e. The van der Waals surface area contributed by atoms with Crippen molar-refractivity contribution in [3.63, 3.8) is 0 Å². The summed E-state index contributed by atoms with van der Waals surface area (Å²) in [5.41, 5.74) is 1.66. The fourth-order valence-electron chi connectivity index (χ4n) is 4.01. The van der Waals surface area contributed by atoms with Crippen LogP contribution in [0.2, 0.25) is 0 Å². The zero-order chi connectivity index (χ0) is 24.5. The van der Waals surface area contributed by atoms with E-state index in [4.69, 9.17) is 0 Å². The molecule has 1 N–H and O–H groups in total. The largest absolute Gasteiger partial charge is 0.332 e. The number of hydrogen-bond donors (Lipinski definition) is 1. The number of thiophene rings is 1. The van der Waals surface area contributed by atoms with Crippen LogP contribution in [0.1, 0.15) is 18.1 Å². The number of pyridine rings is 1. The minimum absolute atomic E-state index is 0.0460. The van der Waals surface area contributed by atoms with Gasteiger partial charge in [0.15, 0.2) is 0 Å². The molecule has 176 valence electrons. The van der Waals surface area contributed by atoms with Gasteiger partial charge in [0.05, 0.1) is 12.1 Å². The van der Waals surface area contributed by atoms with Gasteiger partial charge < -0.3 is 5.32 Å². The normalized spacial score (nSPS) is 11.3. The molecular formula is C26H21FN4O3S. The third-order valence-electron chi connectivity index (χ3n) is 5.81. The number of rotatable bonds is 6. The summed E-state index contributed by atoms with van der Waals surface area (Å²) >= 11 is 1.18. The van der Waals surface area contributed by atoms with E-state index in [-0.39, 0.29) is 13.1 Å². The van der Waals surface area contributed by atoms with Gasteiger partial charge in [-0.2, -0.15) is 0 Å². The summed E-state index contributed by atoms with van der Waals surface area (Å²) in [7, 11) is 0. The van der Waals surface area contributed by atoms with Crippen LogP contribution in [0.25, 0.3) is 20.4 Å². The van der Waals surface area contributed by atoms with Gasteiger partial charge in [0, 0.05) is 17.3 Å². The van der Waals surface area contributed by atoms with Gasteiger partial charge >= 0.3 is 5.69 Å². The number of aromatic nitrogens is 3. The first-order valence-corrected chi connectivity index (χ1v) is 11.9. The molecule has 0 aliphatic rings. The van der Waals surface area contributed by atoms with Crippen molar-refractivity contribution in [3.8, 4) is 0 Å². The Morgan fingerprint density at radius 2 is 1.71 bits per heavy atom. The molecule has 0 saturated carbocycles. The molecule has 1 amide bonds. The summed E-state index contributed by atoms with van der Waals surface area (Å²) in [6.45, 7) is 1.72. The molecule has 0 spiro atoms. The number of nitrogens with one attached hydrogen (secondary N) is 1. The van der Waals surface area contributed by atoms with E-state index in [2.05, 4.69) is 10.3 Å². The number of halogens is 1. The number of fused-ring (bicyclic) bond motifs is 3. The molecule has 3 heterocycles. The maximum Gasteiger partial charge on any atom is 0.332 e. The molecule has 0 aliphatic heterocycles. The van der Waals surface area contributed by atoms with Crippen molar-refractivity contribution in [2.24, 2.45) is 0 Å². The summed E-state index contributed by atoms with van der Waals surface area (Å²) in [4.78, 5) is 44.8. The highest BCUT2D eigenvalue weighted by molar-refractivity contribution is 7.25. The molecule has 0 fully saturated rings. The highest BCUT2D eigenvalue weighted by Gasteiger charge is 2.20. The highest BCUT2D eigenvalue weighted by Crippen LogP contribution is 2.29. The van der Waals surface area contributed by atoms with Crippen molar-refractivity contribution in [2.75, 3.05) is 5.32 Å². The number of benzene rings is 2. The summed E-state index contributed by atoms with van der Waals surface area (Å²) < 4.78 is 16.1. The molecule has 5 rings (SSSR count). The maximum atomic E-state index is 13.5. The Kier molecular flexibility index (Phi) is 6.00. The molecule has 9 heteroatoms. The van der Waals surface area contributed by atoms with Gasteiger partial charge in [0.25, 0.3) is 5.56 Å². The summed E-state index contributed by atoms with van der Waals surface area (Å²) in [6.07, 6.45) is 2.50. The zero-order valence-corrected chi connectivity index (χ0v) is 19.6. The van der Waals surface area contributed by atoms with Crippen molar-refractivity contribution in [3.05, 3.63) is 105 Å². The van der Waals surface area contributed by atoms with Crippen LogP contribution in [0.3, 0.4) is 0 Å². The van der Waals surface area contributed by atoms with Gasteiger partial charge in [0.1, 0.15) is 21.9 Å². The van der Waals surface area contributed by atoms with Crippen LogP contribution in [-0.4, -0.2) is 20.0 Å². The lowest BCUT2D eigenvalue weighted by atomic mass is 10.1. The molecule has 0 aliphatic carbocycles. The predicted octanol–water partition coefficient (Wildman–Crippen LogP) is 4.16. The SMILES string of the molecule is CCc1ccc(NC(=O)Cn2c(=O)n(Cc3ccc(F)cc3)c(=O)c3sc4ncccc4c32)cc1. The van der Waals surface area contributed by atoms with Crippen LogP contribution >= 0.6 is 11.3 Å².